The fraction of sp³-hybridized carbons (Fsp3) is 0.667. The Balaban J connectivity index is 1.95. The third-order valence-electron chi connectivity index (χ3n) is 4.94. The van der Waals surface area contributed by atoms with Crippen LogP contribution in [0.2, 0.25) is 0 Å². The second-order valence-corrected chi connectivity index (χ2v) is 6.43. The van der Waals surface area contributed by atoms with E-state index < -0.39 is 0 Å². The molecule has 2 aliphatic rings. The molecule has 5 heteroatoms. The van der Waals surface area contributed by atoms with Crippen LogP contribution in [0.15, 0.2) is 12.1 Å². The SMILES string of the molecule is COc1cc(OC)c([C@H](CC2CC2)N2CCNCC2)cc1OC. The normalized spacial score (nSPS) is 20.1. The van der Waals surface area contributed by atoms with Gasteiger partial charge in [-0.15, -0.1) is 0 Å². The molecule has 1 aromatic rings. The minimum Gasteiger partial charge on any atom is -0.496 e. The van der Waals surface area contributed by atoms with Gasteiger partial charge in [0.25, 0.3) is 0 Å². The lowest BCUT2D eigenvalue weighted by atomic mass is 9.97. The molecule has 0 aromatic heterocycles. The average molecular weight is 320 g/mol. The van der Waals surface area contributed by atoms with Crippen molar-refractivity contribution in [3.63, 3.8) is 0 Å². The molecular weight excluding hydrogens is 292 g/mol. The lowest BCUT2D eigenvalue weighted by molar-refractivity contribution is 0.157. The van der Waals surface area contributed by atoms with E-state index in [1.165, 1.54) is 24.8 Å². The Morgan fingerprint density at radius 2 is 1.61 bits per heavy atom. The first-order valence-electron chi connectivity index (χ1n) is 8.51. The Bertz CT molecular complexity index is 525. The van der Waals surface area contributed by atoms with Crippen molar-refractivity contribution in [1.29, 1.82) is 0 Å². The minimum atomic E-state index is 0.388. The molecule has 23 heavy (non-hydrogen) atoms. The highest BCUT2D eigenvalue weighted by Gasteiger charge is 2.32. The van der Waals surface area contributed by atoms with Crippen molar-refractivity contribution in [2.24, 2.45) is 5.92 Å². The molecule has 1 aromatic carbocycles. The monoisotopic (exact) mass is 320 g/mol. The second-order valence-electron chi connectivity index (χ2n) is 6.43. The van der Waals surface area contributed by atoms with Crippen molar-refractivity contribution >= 4 is 0 Å². The molecule has 2 fully saturated rings. The molecule has 1 aliphatic heterocycles. The summed E-state index contributed by atoms with van der Waals surface area (Å²) in [4.78, 5) is 2.58. The van der Waals surface area contributed by atoms with Crippen LogP contribution in [0.5, 0.6) is 17.2 Å². The fourth-order valence-corrected chi connectivity index (χ4v) is 3.45. The van der Waals surface area contributed by atoms with Crippen LogP contribution in [-0.2, 0) is 0 Å². The molecule has 1 N–H and O–H groups in total. The molecule has 0 radical (unpaired) electrons. The van der Waals surface area contributed by atoms with Gasteiger partial charge in [-0.2, -0.15) is 0 Å². The molecule has 1 aliphatic carbocycles. The van der Waals surface area contributed by atoms with E-state index in [1.807, 2.05) is 6.07 Å². The Morgan fingerprint density at radius 3 is 2.17 bits per heavy atom. The van der Waals surface area contributed by atoms with Gasteiger partial charge in [-0.25, -0.2) is 0 Å². The van der Waals surface area contributed by atoms with Crippen molar-refractivity contribution in [3.05, 3.63) is 17.7 Å². The summed E-state index contributed by atoms with van der Waals surface area (Å²) in [6.07, 6.45) is 3.92. The molecule has 5 nitrogen and oxygen atoms in total. The lowest BCUT2D eigenvalue weighted by Gasteiger charge is -2.36. The molecule has 128 valence electrons. The molecule has 1 saturated carbocycles. The molecule has 1 heterocycles. The summed E-state index contributed by atoms with van der Waals surface area (Å²) in [5.41, 5.74) is 1.22. The molecule has 0 unspecified atom stereocenters. The zero-order valence-electron chi connectivity index (χ0n) is 14.4. The van der Waals surface area contributed by atoms with E-state index in [-0.39, 0.29) is 0 Å². The first-order valence-corrected chi connectivity index (χ1v) is 8.51. The summed E-state index contributed by atoms with van der Waals surface area (Å²) in [6.45, 7) is 4.26. The fourth-order valence-electron chi connectivity index (χ4n) is 3.45. The van der Waals surface area contributed by atoms with Gasteiger partial charge >= 0.3 is 0 Å². The maximum Gasteiger partial charge on any atom is 0.164 e. The lowest BCUT2D eigenvalue weighted by Crippen LogP contribution is -2.45. The first-order chi connectivity index (χ1) is 11.3. The van der Waals surface area contributed by atoms with Crippen molar-refractivity contribution in [1.82, 2.24) is 10.2 Å². The third-order valence-corrected chi connectivity index (χ3v) is 4.94. The number of nitrogens with zero attached hydrogens (tertiary/aromatic N) is 1. The maximum atomic E-state index is 5.68. The summed E-state index contributed by atoms with van der Waals surface area (Å²) in [5, 5.41) is 3.44. The highest BCUT2D eigenvalue weighted by molar-refractivity contribution is 5.52. The van der Waals surface area contributed by atoms with E-state index in [0.29, 0.717) is 6.04 Å². The Kier molecular flexibility index (Phi) is 5.28. The predicted octanol–water partition coefficient (Wildman–Crippen LogP) is 2.46. The van der Waals surface area contributed by atoms with Gasteiger partial charge in [0, 0.05) is 43.9 Å². The van der Waals surface area contributed by atoms with Gasteiger partial charge in [0.05, 0.1) is 21.3 Å². The minimum absolute atomic E-state index is 0.388. The number of rotatable bonds is 7. The Labute approximate surface area is 138 Å². The summed E-state index contributed by atoms with van der Waals surface area (Å²) >= 11 is 0. The van der Waals surface area contributed by atoms with Crippen molar-refractivity contribution in [2.45, 2.75) is 25.3 Å². The van der Waals surface area contributed by atoms with Gasteiger partial charge in [-0.3, -0.25) is 4.90 Å². The number of nitrogens with one attached hydrogen (secondary N) is 1. The van der Waals surface area contributed by atoms with Gasteiger partial charge in [0.1, 0.15) is 5.75 Å². The standard InChI is InChI=1S/C18H28N2O3/c1-21-16-12-18(23-3)17(22-2)11-14(16)15(10-13-4-5-13)20-8-6-19-7-9-20/h11-13,15,19H,4-10H2,1-3H3/t15-/m0/s1. The van der Waals surface area contributed by atoms with Crippen LogP contribution in [0.3, 0.4) is 0 Å². The van der Waals surface area contributed by atoms with Crippen LogP contribution >= 0.6 is 0 Å². The highest BCUT2D eigenvalue weighted by atomic mass is 16.5. The number of benzene rings is 1. The average Bonchev–Trinajstić information content (AvgIpc) is 3.43. The van der Waals surface area contributed by atoms with Crippen LogP contribution in [0.4, 0.5) is 0 Å². The van der Waals surface area contributed by atoms with Crippen LogP contribution in [0, 0.1) is 5.92 Å². The first kappa shape index (κ1) is 16.4. The quantitative estimate of drug-likeness (QED) is 0.836. The van der Waals surface area contributed by atoms with Crippen LogP contribution < -0.4 is 19.5 Å². The Hall–Kier alpha value is -1.46. The highest BCUT2D eigenvalue weighted by Crippen LogP contribution is 2.45. The second kappa shape index (κ2) is 7.41. The molecule has 1 saturated heterocycles. The zero-order valence-corrected chi connectivity index (χ0v) is 14.4. The van der Waals surface area contributed by atoms with Gasteiger partial charge < -0.3 is 19.5 Å². The number of hydrogen-bond donors (Lipinski definition) is 1. The molecule has 0 spiro atoms. The van der Waals surface area contributed by atoms with E-state index in [9.17, 15) is 0 Å². The molecule has 3 rings (SSSR count). The van der Waals surface area contributed by atoms with Gasteiger partial charge in [0.2, 0.25) is 0 Å². The topological polar surface area (TPSA) is 43.0 Å². The summed E-state index contributed by atoms with van der Waals surface area (Å²) in [7, 11) is 5.08. The van der Waals surface area contributed by atoms with Crippen molar-refractivity contribution in [3.8, 4) is 17.2 Å². The van der Waals surface area contributed by atoms with E-state index in [2.05, 4.69) is 16.3 Å². The van der Waals surface area contributed by atoms with Crippen LogP contribution in [0.1, 0.15) is 30.9 Å². The van der Waals surface area contributed by atoms with Crippen LogP contribution in [-0.4, -0.2) is 52.4 Å². The van der Waals surface area contributed by atoms with E-state index in [1.54, 1.807) is 21.3 Å². The largest absolute Gasteiger partial charge is 0.496 e. The van der Waals surface area contributed by atoms with E-state index in [4.69, 9.17) is 14.2 Å². The predicted molar refractivity (Wildman–Crippen MR) is 90.6 cm³/mol. The van der Waals surface area contributed by atoms with Crippen molar-refractivity contribution < 1.29 is 14.2 Å². The van der Waals surface area contributed by atoms with E-state index in [0.717, 1.165) is 49.3 Å². The number of methoxy groups -OCH3 is 3. The number of piperazine rings is 1. The van der Waals surface area contributed by atoms with E-state index >= 15 is 0 Å². The maximum absolute atomic E-state index is 5.68. The number of ether oxygens (including phenoxy) is 3. The van der Waals surface area contributed by atoms with Crippen LogP contribution in [0.25, 0.3) is 0 Å². The number of hydrogen-bond acceptors (Lipinski definition) is 5. The summed E-state index contributed by atoms with van der Waals surface area (Å²) < 4.78 is 16.6. The zero-order chi connectivity index (χ0) is 16.2. The van der Waals surface area contributed by atoms with Gasteiger partial charge in [-0.1, -0.05) is 12.8 Å². The summed E-state index contributed by atoms with van der Waals surface area (Å²) in [5.74, 6) is 3.25. The van der Waals surface area contributed by atoms with Gasteiger partial charge in [0.15, 0.2) is 11.5 Å². The summed E-state index contributed by atoms with van der Waals surface area (Å²) in [6, 6.07) is 4.45. The van der Waals surface area contributed by atoms with Gasteiger partial charge in [-0.05, 0) is 18.4 Å². The molecule has 0 amide bonds. The smallest absolute Gasteiger partial charge is 0.164 e. The van der Waals surface area contributed by atoms with Crippen molar-refractivity contribution in [2.75, 3.05) is 47.5 Å². The Morgan fingerprint density at radius 1 is 1.00 bits per heavy atom. The molecular formula is C18H28N2O3. The molecule has 1 atom stereocenters. The molecule has 0 bridgehead atoms. The third kappa shape index (κ3) is 3.72.